The monoisotopic (exact) mass is 203 g/mol. The van der Waals surface area contributed by atoms with Crippen LogP contribution in [-0.2, 0) is 4.79 Å². The second-order valence-electron chi connectivity index (χ2n) is 2.98. The molecule has 0 rings (SSSR count). The minimum atomic E-state index is -1.47. The molecule has 0 aromatic heterocycles. The lowest BCUT2D eigenvalue weighted by Crippen LogP contribution is -2.50. The van der Waals surface area contributed by atoms with Crippen molar-refractivity contribution in [2.45, 2.75) is 24.8 Å². The van der Waals surface area contributed by atoms with E-state index in [1.165, 1.54) is 0 Å². The molecule has 7 nitrogen and oxygen atoms in total. The summed E-state index contributed by atoms with van der Waals surface area (Å²) in [6.07, 6.45) is 2.74. The maximum Gasteiger partial charge on any atom is 0.329 e. The number of hydrazone groups is 1. The number of unbranched alkanes of at least 4 members (excludes halogenated alkanes) is 1. The van der Waals surface area contributed by atoms with E-state index in [1.807, 2.05) is 5.53 Å². The molecule has 1 atom stereocenters. The summed E-state index contributed by atoms with van der Waals surface area (Å²) in [5, 5.41) is 12.3. The highest BCUT2D eigenvalue weighted by molar-refractivity contribution is 5.98. The van der Waals surface area contributed by atoms with Crippen LogP contribution in [0.2, 0.25) is 0 Å². The normalized spacial score (nSPS) is 15.4. The van der Waals surface area contributed by atoms with E-state index < -0.39 is 11.5 Å². The van der Waals surface area contributed by atoms with Gasteiger partial charge in [0.1, 0.15) is 0 Å². The van der Waals surface area contributed by atoms with Crippen molar-refractivity contribution in [2.75, 3.05) is 6.54 Å². The third-order valence-corrected chi connectivity index (χ3v) is 1.81. The van der Waals surface area contributed by atoms with Crippen LogP contribution in [0.25, 0.3) is 0 Å². The number of hydrogen-bond donors (Lipinski definition) is 5. The van der Waals surface area contributed by atoms with E-state index >= 15 is 0 Å². The van der Waals surface area contributed by atoms with Gasteiger partial charge in [0.25, 0.3) is 0 Å². The molecule has 0 aromatic rings. The fraction of sp³-hybridized carbons (Fsp3) is 0.714. The van der Waals surface area contributed by atoms with E-state index in [4.69, 9.17) is 22.4 Å². The van der Waals surface area contributed by atoms with Crippen LogP contribution in [0.15, 0.2) is 5.10 Å². The van der Waals surface area contributed by atoms with Gasteiger partial charge in [0, 0.05) is 0 Å². The molecular formula is C7H17N5O2. The number of nitrogens with one attached hydrogen (secondary N) is 1. The molecule has 0 amide bonds. The van der Waals surface area contributed by atoms with Gasteiger partial charge in [-0.25, -0.2) is 16.2 Å². The minimum Gasteiger partial charge on any atom is -0.480 e. The molecule has 1 unspecified atom stereocenters. The Hall–Kier alpha value is -1.18. The predicted octanol–water partition coefficient (Wildman–Crippen LogP) is -1.65. The Bertz CT molecular complexity index is 208. The average molecular weight is 203 g/mol. The summed E-state index contributed by atoms with van der Waals surface area (Å²) in [6.45, 7) is 0.516. The van der Waals surface area contributed by atoms with Gasteiger partial charge in [-0.3, -0.25) is 0 Å². The second-order valence-corrected chi connectivity index (χ2v) is 2.98. The summed E-state index contributed by atoms with van der Waals surface area (Å²) >= 11 is 0. The second kappa shape index (κ2) is 6.30. The first-order valence-electron chi connectivity index (χ1n) is 4.29. The van der Waals surface area contributed by atoms with Gasteiger partial charge in [-0.1, -0.05) is 0 Å². The molecule has 0 fully saturated rings. The molecule has 0 aliphatic heterocycles. The number of carbonyl (C=O) groups is 1. The van der Waals surface area contributed by atoms with Gasteiger partial charge in [0.15, 0.2) is 5.54 Å². The number of rotatable bonds is 7. The number of nitrogens with zero attached hydrogens (tertiary/aromatic N) is 1. The SMILES string of the molecule is NCCCCC(N)(/C=N/NN)C(=O)O. The smallest absolute Gasteiger partial charge is 0.329 e. The van der Waals surface area contributed by atoms with Crippen molar-refractivity contribution in [2.24, 2.45) is 22.4 Å². The third-order valence-electron chi connectivity index (χ3n) is 1.81. The molecule has 7 heteroatoms. The van der Waals surface area contributed by atoms with Crippen LogP contribution >= 0.6 is 0 Å². The number of carboxylic acid groups (broad SMARTS) is 1. The van der Waals surface area contributed by atoms with Crippen LogP contribution in [0.3, 0.4) is 0 Å². The van der Waals surface area contributed by atoms with Crippen molar-refractivity contribution in [3.8, 4) is 0 Å². The predicted molar refractivity (Wildman–Crippen MR) is 53.3 cm³/mol. The molecule has 0 radical (unpaired) electrons. The summed E-state index contributed by atoms with van der Waals surface area (Å²) in [4.78, 5) is 10.8. The quantitative estimate of drug-likeness (QED) is 0.145. The molecule has 82 valence electrons. The fourth-order valence-corrected chi connectivity index (χ4v) is 0.941. The number of aliphatic carboxylic acids is 1. The Morgan fingerprint density at radius 2 is 2.21 bits per heavy atom. The summed E-state index contributed by atoms with van der Waals surface area (Å²) in [6, 6.07) is 0. The summed E-state index contributed by atoms with van der Waals surface area (Å²) in [5.74, 6) is 3.74. The Kier molecular flexibility index (Phi) is 5.77. The summed E-state index contributed by atoms with van der Waals surface area (Å²) < 4.78 is 0. The van der Waals surface area contributed by atoms with Gasteiger partial charge in [0.05, 0.1) is 6.21 Å². The van der Waals surface area contributed by atoms with Crippen LogP contribution in [0, 0.1) is 0 Å². The van der Waals surface area contributed by atoms with E-state index in [9.17, 15) is 4.79 Å². The molecular weight excluding hydrogens is 186 g/mol. The molecule has 0 aromatic carbocycles. The Balaban J connectivity index is 4.24. The van der Waals surface area contributed by atoms with E-state index in [1.54, 1.807) is 0 Å². The average Bonchev–Trinajstić information content (AvgIpc) is 2.15. The zero-order chi connectivity index (χ0) is 11.0. The lowest BCUT2D eigenvalue weighted by molar-refractivity contribution is -0.140. The maximum absolute atomic E-state index is 10.8. The minimum absolute atomic E-state index is 0.282. The van der Waals surface area contributed by atoms with Crippen molar-refractivity contribution in [3.63, 3.8) is 0 Å². The largest absolute Gasteiger partial charge is 0.480 e. The van der Waals surface area contributed by atoms with Crippen molar-refractivity contribution in [1.29, 1.82) is 0 Å². The van der Waals surface area contributed by atoms with Crippen LogP contribution in [-0.4, -0.2) is 29.4 Å². The number of hydrazine groups is 1. The van der Waals surface area contributed by atoms with Crippen molar-refractivity contribution < 1.29 is 9.90 Å². The molecule has 14 heavy (non-hydrogen) atoms. The van der Waals surface area contributed by atoms with E-state index in [2.05, 4.69) is 5.10 Å². The first-order chi connectivity index (χ1) is 6.56. The molecule has 0 heterocycles. The van der Waals surface area contributed by atoms with Crippen molar-refractivity contribution in [1.82, 2.24) is 5.53 Å². The lowest BCUT2D eigenvalue weighted by Gasteiger charge is -2.19. The van der Waals surface area contributed by atoms with Gasteiger partial charge in [-0.05, 0) is 25.8 Å². The molecule has 0 aliphatic carbocycles. The number of nitrogens with two attached hydrogens (primary N) is 3. The first-order valence-corrected chi connectivity index (χ1v) is 4.29. The van der Waals surface area contributed by atoms with Crippen molar-refractivity contribution in [3.05, 3.63) is 0 Å². The standard InChI is InChI=1S/C7H17N5O2/c8-4-2-1-3-7(9,6(13)14)5-11-12-10/h5,12H,1-4,8-10H2,(H,13,14)/b11-5+. The van der Waals surface area contributed by atoms with Crippen LogP contribution < -0.4 is 22.8 Å². The Morgan fingerprint density at radius 3 is 2.64 bits per heavy atom. The molecule has 0 aliphatic rings. The van der Waals surface area contributed by atoms with Gasteiger partial charge in [-0.2, -0.15) is 5.10 Å². The highest BCUT2D eigenvalue weighted by Crippen LogP contribution is 2.09. The van der Waals surface area contributed by atoms with Crippen LogP contribution in [0.4, 0.5) is 0 Å². The van der Waals surface area contributed by atoms with Crippen LogP contribution in [0.1, 0.15) is 19.3 Å². The van der Waals surface area contributed by atoms with Gasteiger partial charge < -0.3 is 16.6 Å². The molecule has 0 saturated carbocycles. The maximum atomic E-state index is 10.8. The zero-order valence-electron chi connectivity index (χ0n) is 7.94. The Labute approximate surface area is 82.3 Å². The lowest BCUT2D eigenvalue weighted by atomic mass is 9.95. The summed E-state index contributed by atoms with van der Waals surface area (Å²) in [7, 11) is 0. The van der Waals surface area contributed by atoms with Crippen LogP contribution in [0.5, 0.6) is 0 Å². The third kappa shape index (κ3) is 4.17. The molecule has 0 spiro atoms. The van der Waals surface area contributed by atoms with Gasteiger partial charge in [-0.15, -0.1) is 0 Å². The van der Waals surface area contributed by atoms with Gasteiger partial charge >= 0.3 is 5.97 Å². The highest BCUT2D eigenvalue weighted by Gasteiger charge is 2.31. The first kappa shape index (κ1) is 12.8. The fourth-order valence-electron chi connectivity index (χ4n) is 0.941. The molecule has 0 bridgehead atoms. The topological polar surface area (TPSA) is 140 Å². The van der Waals surface area contributed by atoms with Crippen molar-refractivity contribution >= 4 is 12.2 Å². The summed E-state index contributed by atoms with van der Waals surface area (Å²) in [5.41, 5.74) is 11.4. The zero-order valence-corrected chi connectivity index (χ0v) is 7.94. The Morgan fingerprint density at radius 1 is 1.57 bits per heavy atom. The van der Waals surface area contributed by atoms with E-state index in [0.29, 0.717) is 13.0 Å². The molecule has 8 N–H and O–H groups in total. The highest BCUT2D eigenvalue weighted by atomic mass is 16.4. The van der Waals surface area contributed by atoms with E-state index in [-0.39, 0.29) is 6.42 Å². The number of hydrogen-bond acceptors (Lipinski definition) is 6. The number of carboxylic acids is 1. The molecule has 0 saturated heterocycles. The van der Waals surface area contributed by atoms with Gasteiger partial charge in [0.2, 0.25) is 0 Å². The van der Waals surface area contributed by atoms with E-state index in [0.717, 1.165) is 12.6 Å².